The molecular formula is C22HF24P. The van der Waals surface area contributed by atoms with Gasteiger partial charge in [-0.15, -0.1) is 0 Å². The Morgan fingerprint density at radius 3 is 0.596 bits per heavy atom. The van der Waals surface area contributed by atoms with Crippen molar-refractivity contribution in [2.75, 3.05) is 0 Å². The van der Waals surface area contributed by atoms with Crippen molar-refractivity contribution in [3.05, 3.63) is 87.3 Å². The van der Waals surface area contributed by atoms with Crippen LogP contribution in [0.15, 0.2) is 0 Å². The van der Waals surface area contributed by atoms with Crippen LogP contribution in [0.4, 0.5) is 105 Å². The molecule has 0 N–H and O–H groups in total. The van der Waals surface area contributed by atoms with E-state index in [2.05, 4.69) is 0 Å². The van der Waals surface area contributed by atoms with E-state index in [4.69, 9.17) is 0 Å². The van der Waals surface area contributed by atoms with Crippen LogP contribution in [-0.4, -0.2) is 23.7 Å². The molecule has 0 aliphatic carbocycles. The van der Waals surface area contributed by atoms with E-state index in [0.717, 1.165) is 0 Å². The monoisotopic (exact) mass is 752 g/mol. The molecule has 0 aliphatic heterocycles. The zero-order valence-corrected chi connectivity index (χ0v) is 21.6. The van der Waals surface area contributed by atoms with Crippen molar-refractivity contribution in [1.82, 2.24) is 0 Å². The number of hydrogen-bond acceptors (Lipinski definition) is 0. The summed E-state index contributed by atoms with van der Waals surface area (Å²) in [4.78, 5) is 0. The molecule has 3 aromatic rings. The maximum atomic E-state index is 16.1. The molecule has 0 saturated carbocycles. The molecule has 0 bridgehead atoms. The van der Waals surface area contributed by atoms with Gasteiger partial charge in [0.15, 0.2) is 0 Å². The molecule has 0 atom stereocenters. The average Bonchev–Trinajstić information content (AvgIpc) is 2.97. The molecule has 0 aliphatic rings. The number of rotatable bonds is 6. The van der Waals surface area contributed by atoms with Gasteiger partial charge in [-0.25, -0.2) is 0 Å². The predicted molar refractivity (Wildman–Crippen MR) is 107 cm³/mol. The van der Waals surface area contributed by atoms with Gasteiger partial charge in [0.1, 0.15) is 0 Å². The van der Waals surface area contributed by atoms with Crippen LogP contribution in [0.3, 0.4) is 0 Å². The van der Waals surface area contributed by atoms with Gasteiger partial charge < -0.3 is 0 Å². The van der Waals surface area contributed by atoms with E-state index in [1.165, 1.54) is 0 Å². The summed E-state index contributed by atoms with van der Waals surface area (Å²) >= 11 is 0. The molecule has 0 saturated heterocycles. The first-order valence-electron chi connectivity index (χ1n) is 10.8. The van der Waals surface area contributed by atoms with Crippen LogP contribution in [0.25, 0.3) is 0 Å². The molecule has 0 aromatic heterocycles. The number of halogens is 24. The molecule has 25 heteroatoms. The summed E-state index contributed by atoms with van der Waals surface area (Å²) in [6.07, 6.45) is -8.15. The fraction of sp³-hybridized carbons (Fsp3) is 0.182. The Balaban J connectivity index is 3.11. The van der Waals surface area contributed by atoms with E-state index in [-0.39, 0.29) is 0 Å². The van der Waals surface area contributed by atoms with Gasteiger partial charge in [0.2, 0.25) is 0 Å². The Hall–Kier alpha value is -3.59. The molecule has 3 rings (SSSR count). The van der Waals surface area contributed by atoms with Gasteiger partial charge in [-0.1, -0.05) is 0 Å². The predicted octanol–water partition coefficient (Wildman–Crippen LogP) is 8.23. The standard InChI is InChI=1S/C22HF24P/c23-1-4(26)10(32)16(11(33)5(1)27)47(17-12(34)6(28)2(24)7(29)13(17)35,18-14(36)8(30)3(25)9(31)15(18)37)22(45,46)20(40,41)19(38,39)21(42,43)44/h47H. The third-order valence-electron chi connectivity index (χ3n) is 6.37. The summed E-state index contributed by atoms with van der Waals surface area (Å²) in [5.41, 5.74) is -8.73. The second kappa shape index (κ2) is 11.2. The van der Waals surface area contributed by atoms with Crippen LogP contribution in [-0.2, 0) is 0 Å². The summed E-state index contributed by atoms with van der Waals surface area (Å²) in [6, 6.07) is 0. The molecule has 0 radical (unpaired) electrons. The van der Waals surface area contributed by atoms with Gasteiger partial charge in [0.25, 0.3) is 0 Å². The Morgan fingerprint density at radius 2 is 0.426 bits per heavy atom. The SMILES string of the molecule is Fc1c(F)c(F)c([PH](c2c(F)c(F)c(F)c(F)c2F)(c2c(F)c(F)c(F)c(F)c2F)C(F)(F)C(F)(F)C(F)(F)C(F)(F)F)c(F)c1F. The first-order chi connectivity index (χ1) is 21.0. The minimum absolute atomic E-state index is 3.68. The minimum atomic E-state index is -10.3. The van der Waals surface area contributed by atoms with Gasteiger partial charge in [-0.3, -0.25) is 0 Å². The fourth-order valence-electron chi connectivity index (χ4n) is 4.26. The molecule has 0 heterocycles. The average molecular weight is 752 g/mol. The molecule has 0 spiro atoms. The Morgan fingerprint density at radius 1 is 0.255 bits per heavy atom. The molecular weight excluding hydrogens is 751 g/mol. The zero-order valence-electron chi connectivity index (χ0n) is 20.6. The van der Waals surface area contributed by atoms with Crippen molar-refractivity contribution in [2.24, 2.45) is 0 Å². The van der Waals surface area contributed by atoms with Gasteiger partial charge in [0, 0.05) is 0 Å². The van der Waals surface area contributed by atoms with Crippen molar-refractivity contribution < 1.29 is 105 Å². The normalized spacial score (nSPS) is 13.9. The van der Waals surface area contributed by atoms with Crippen LogP contribution < -0.4 is 15.9 Å². The topological polar surface area (TPSA) is 0 Å². The second-order valence-electron chi connectivity index (χ2n) is 8.81. The van der Waals surface area contributed by atoms with E-state index >= 15 is 35.1 Å². The van der Waals surface area contributed by atoms with Crippen molar-refractivity contribution in [2.45, 2.75) is 23.7 Å². The van der Waals surface area contributed by atoms with Crippen LogP contribution in [0.2, 0.25) is 0 Å². The quantitative estimate of drug-likeness (QED) is 0.103. The van der Waals surface area contributed by atoms with Crippen LogP contribution in [0.1, 0.15) is 0 Å². The molecule has 0 unspecified atom stereocenters. The van der Waals surface area contributed by atoms with E-state index in [1.54, 1.807) is 0 Å². The number of alkyl halides is 9. The van der Waals surface area contributed by atoms with Crippen molar-refractivity contribution in [1.29, 1.82) is 0 Å². The van der Waals surface area contributed by atoms with Crippen LogP contribution in [0.5, 0.6) is 0 Å². The van der Waals surface area contributed by atoms with Crippen molar-refractivity contribution in [3.8, 4) is 0 Å². The van der Waals surface area contributed by atoms with Gasteiger partial charge in [0.05, 0.1) is 0 Å². The summed E-state index contributed by atoms with van der Waals surface area (Å²) in [5, 5.41) is -13.4. The number of benzene rings is 3. The summed E-state index contributed by atoms with van der Waals surface area (Å²) in [6.45, 7) is 0. The van der Waals surface area contributed by atoms with Gasteiger partial charge >= 0.3 is 239 Å². The molecule has 0 fully saturated rings. The summed E-state index contributed by atoms with van der Waals surface area (Å²) in [5.74, 6) is -78.4. The number of hydrogen-bond donors (Lipinski definition) is 0. The molecule has 0 nitrogen and oxygen atoms in total. The maximum absolute atomic E-state index is 16.1. The zero-order chi connectivity index (χ0) is 36.9. The van der Waals surface area contributed by atoms with E-state index < -0.39 is 134 Å². The van der Waals surface area contributed by atoms with E-state index in [0.29, 0.717) is 0 Å². The third-order valence-corrected chi connectivity index (χ3v) is 11.2. The van der Waals surface area contributed by atoms with E-state index in [1.807, 2.05) is 0 Å². The fourth-order valence-corrected chi connectivity index (χ4v) is 9.21. The van der Waals surface area contributed by atoms with Crippen LogP contribution >= 0.6 is 7.26 Å². The van der Waals surface area contributed by atoms with Crippen LogP contribution in [0, 0.1) is 87.3 Å². The summed E-state index contributed by atoms with van der Waals surface area (Å²) < 4.78 is 347. The third kappa shape index (κ3) is 4.62. The second-order valence-corrected chi connectivity index (χ2v) is 12.4. The Kier molecular flexibility index (Phi) is 9.06. The summed E-state index contributed by atoms with van der Waals surface area (Å²) in [7, 11) is -10.3. The molecule has 0 amide bonds. The first kappa shape index (κ1) is 37.9. The Labute approximate surface area is 240 Å². The van der Waals surface area contributed by atoms with Crippen molar-refractivity contribution in [3.63, 3.8) is 0 Å². The first-order valence-corrected chi connectivity index (χ1v) is 12.8. The van der Waals surface area contributed by atoms with Crippen molar-refractivity contribution >= 4 is 23.2 Å². The van der Waals surface area contributed by atoms with Gasteiger partial charge in [-0.2, -0.15) is 0 Å². The van der Waals surface area contributed by atoms with E-state index in [9.17, 15) is 70.2 Å². The molecule has 47 heavy (non-hydrogen) atoms. The van der Waals surface area contributed by atoms with Gasteiger partial charge in [-0.05, 0) is 0 Å². The molecule has 3 aromatic carbocycles. The Bertz CT molecular complexity index is 1550. The molecule has 262 valence electrons.